The monoisotopic (exact) mass is 293 g/mol. The summed E-state index contributed by atoms with van der Waals surface area (Å²) in [6.45, 7) is 5.45. The standard InChI is InChI=1S/C10H19N3O2.BrH/c1-3-15-10(14)13-6-4-9(5-7-13)12-8(2)11;/h9H,3-7H2,1-2H3,(H2,11,12);1H. The van der Waals surface area contributed by atoms with Crippen molar-refractivity contribution in [1.82, 2.24) is 4.90 Å². The summed E-state index contributed by atoms with van der Waals surface area (Å²) >= 11 is 0. The third-order valence-corrected chi connectivity index (χ3v) is 2.38. The van der Waals surface area contributed by atoms with Crippen LogP contribution < -0.4 is 5.73 Å². The van der Waals surface area contributed by atoms with E-state index in [-0.39, 0.29) is 29.1 Å². The molecule has 0 unspecified atom stereocenters. The van der Waals surface area contributed by atoms with Crippen molar-refractivity contribution in [2.45, 2.75) is 32.7 Å². The Morgan fingerprint density at radius 1 is 1.50 bits per heavy atom. The second-order valence-electron chi connectivity index (χ2n) is 3.69. The topological polar surface area (TPSA) is 67.9 Å². The van der Waals surface area contributed by atoms with E-state index in [1.54, 1.807) is 11.8 Å². The zero-order valence-corrected chi connectivity index (χ0v) is 11.5. The number of nitrogens with zero attached hydrogens (tertiary/aromatic N) is 2. The SMILES string of the molecule is Br.CCOC(=O)N1CCC(N=C(C)N)CC1. The van der Waals surface area contributed by atoms with Crippen molar-refractivity contribution in [2.75, 3.05) is 19.7 Å². The molecule has 16 heavy (non-hydrogen) atoms. The Labute approximate surface area is 107 Å². The lowest BCUT2D eigenvalue weighted by molar-refractivity contribution is 0.0975. The van der Waals surface area contributed by atoms with E-state index in [2.05, 4.69) is 4.99 Å². The van der Waals surface area contributed by atoms with Gasteiger partial charge < -0.3 is 15.4 Å². The Bertz CT molecular complexity index is 246. The van der Waals surface area contributed by atoms with E-state index in [9.17, 15) is 4.79 Å². The molecule has 2 N–H and O–H groups in total. The fourth-order valence-electron chi connectivity index (χ4n) is 1.68. The van der Waals surface area contributed by atoms with Gasteiger partial charge in [0.05, 0.1) is 18.5 Å². The molecule has 1 aliphatic heterocycles. The number of nitrogens with two attached hydrogens (primary N) is 1. The summed E-state index contributed by atoms with van der Waals surface area (Å²) in [5.74, 6) is 0.615. The number of amides is 1. The minimum absolute atomic E-state index is 0. The van der Waals surface area contributed by atoms with E-state index in [4.69, 9.17) is 10.5 Å². The van der Waals surface area contributed by atoms with E-state index in [1.807, 2.05) is 6.92 Å². The van der Waals surface area contributed by atoms with E-state index in [0.717, 1.165) is 12.8 Å². The third-order valence-electron chi connectivity index (χ3n) is 2.38. The molecule has 1 aliphatic rings. The summed E-state index contributed by atoms with van der Waals surface area (Å²) in [6, 6.07) is 0.265. The fourth-order valence-corrected chi connectivity index (χ4v) is 1.68. The molecule has 6 heteroatoms. The highest BCUT2D eigenvalue weighted by Gasteiger charge is 2.22. The lowest BCUT2D eigenvalue weighted by Crippen LogP contribution is -2.40. The van der Waals surface area contributed by atoms with Crippen LogP contribution in [0.5, 0.6) is 0 Å². The van der Waals surface area contributed by atoms with Crippen molar-refractivity contribution >= 4 is 28.9 Å². The van der Waals surface area contributed by atoms with E-state index in [0.29, 0.717) is 25.5 Å². The molecule has 0 aromatic heterocycles. The first-order valence-electron chi connectivity index (χ1n) is 5.35. The molecule has 0 aromatic rings. The first-order chi connectivity index (χ1) is 7.13. The van der Waals surface area contributed by atoms with Gasteiger partial charge in [0.1, 0.15) is 0 Å². The van der Waals surface area contributed by atoms with Crippen LogP contribution >= 0.6 is 17.0 Å². The largest absolute Gasteiger partial charge is 0.450 e. The zero-order valence-electron chi connectivity index (χ0n) is 9.81. The van der Waals surface area contributed by atoms with Crippen LogP contribution in [0.15, 0.2) is 4.99 Å². The van der Waals surface area contributed by atoms with E-state index in [1.165, 1.54) is 0 Å². The number of piperidine rings is 1. The van der Waals surface area contributed by atoms with Crippen molar-refractivity contribution in [3.05, 3.63) is 0 Å². The highest BCUT2D eigenvalue weighted by atomic mass is 79.9. The summed E-state index contributed by atoms with van der Waals surface area (Å²) in [4.78, 5) is 17.4. The first kappa shape index (κ1) is 15.2. The Hall–Kier alpha value is -0.780. The number of amidine groups is 1. The number of ether oxygens (including phenoxy) is 1. The second kappa shape index (κ2) is 7.49. The molecule has 1 saturated heterocycles. The number of likely N-dealkylation sites (tertiary alicyclic amines) is 1. The normalized spacial score (nSPS) is 17.9. The lowest BCUT2D eigenvalue weighted by Gasteiger charge is -2.29. The van der Waals surface area contributed by atoms with Gasteiger partial charge in [0, 0.05) is 13.1 Å². The molecule has 94 valence electrons. The summed E-state index contributed by atoms with van der Waals surface area (Å²) in [5, 5.41) is 0. The van der Waals surface area contributed by atoms with Crippen LogP contribution in [-0.4, -0.2) is 42.6 Å². The van der Waals surface area contributed by atoms with Gasteiger partial charge in [-0.2, -0.15) is 0 Å². The molecule has 0 bridgehead atoms. The summed E-state index contributed by atoms with van der Waals surface area (Å²) in [6.07, 6.45) is 1.52. The third kappa shape index (κ3) is 4.83. The van der Waals surface area contributed by atoms with Gasteiger partial charge in [0.25, 0.3) is 0 Å². The van der Waals surface area contributed by atoms with Gasteiger partial charge in [-0.25, -0.2) is 4.79 Å². The number of rotatable bonds is 2. The Morgan fingerprint density at radius 3 is 2.50 bits per heavy atom. The minimum atomic E-state index is -0.218. The number of carbonyl (C=O) groups is 1. The van der Waals surface area contributed by atoms with E-state index >= 15 is 0 Å². The van der Waals surface area contributed by atoms with Gasteiger partial charge in [0.2, 0.25) is 0 Å². The molecule has 0 spiro atoms. The van der Waals surface area contributed by atoms with Gasteiger partial charge in [-0.15, -0.1) is 17.0 Å². The van der Waals surface area contributed by atoms with Gasteiger partial charge in [-0.05, 0) is 26.7 Å². The van der Waals surface area contributed by atoms with Crippen molar-refractivity contribution in [2.24, 2.45) is 10.7 Å². The van der Waals surface area contributed by atoms with Gasteiger partial charge in [-0.1, -0.05) is 0 Å². The molecule has 1 rings (SSSR count). The first-order valence-corrected chi connectivity index (χ1v) is 5.35. The second-order valence-corrected chi connectivity index (χ2v) is 3.69. The average Bonchev–Trinajstić information content (AvgIpc) is 2.18. The molecule has 0 atom stereocenters. The number of carbonyl (C=O) groups excluding carboxylic acids is 1. The fraction of sp³-hybridized carbons (Fsp3) is 0.800. The smallest absolute Gasteiger partial charge is 0.409 e. The number of hydrogen-bond acceptors (Lipinski definition) is 3. The predicted molar refractivity (Wildman–Crippen MR) is 69.2 cm³/mol. The molecular weight excluding hydrogens is 274 g/mol. The van der Waals surface area contributed by atoms with Crippen LogP contribution in [0, 0.1) is 0 Å². The van der Waals surface area contributed by atoms with Crippen LogP contribution in [0.2, 0.25) is 0 Å². The molecule has 1 fully saturated rings. The van der Waals surface area contributed by atoms with Crippen molar-refractivity contribution in [3.8, 4) is 0 Å². The molecule has 1 amide bonds. The molecule has 5 nitrogen and oxygen atoms in total. The highest BCUT2D eigenvalue weighted by molar-refractivity contribution is 8.93. The van der Waals surface area contributed by atoms with E-state index < -0.39 is 0 Å². The highest BCUT2D eigenvalue weighted by Crippen LogP contribution is 2.14. The summed E-state index contributed by atoms with van der Waals surface area (Å²) in [7, 11) is 0. The zero-order chi connectivity index (χ0) is 11.3. The maximum atomic E-state index is 11.4. The Morgan fingerprint density at radius 2 is 2.06 bits per heavy atom. The molecule has 0 aromatic carbocycles. The lowest BCUT2D eigenvalue weighted by atomic mass is 10.1. The van der Waals surface area contributed by atoms with Crippen LogP contribution in [0.4, 0.5) is 4.79 Å². The molecular formula is C10H20BrN3O2. The van der Waals surface area contributed by atoms with Crippen molar-refractivity contribution in [3.63, 3.8) is 0 Å². The molecule has 1 heterocycles. The average molecular weight is 294 g/mol. The maximum Gasteiger partial charge on any atom is 0.409 e. The molecule has 0 saturated carbocycles. The molecule has 0 radical (unpaired) electrons. The predicted octanol–water partition coefficient (Wildman–Crippen LogP) is 1.56. The van der Waals surface area contributed by atoms with Gasteiger partial charge in [-0.3, -0.25) is 4.99 Å². The Kier molecular flexibility index (Phi) is 7.12. The van der Waals surface area contributed by atoms with Crippen LogP contribution in [0.3, 0.4) is 0 Å². The van der Waals surface area contributed by atoms with Crippen LogP contribution in [0.25, 0.3) is 0 Å². The van der Waals surface area contributed by atoms with Gasteiger partial charge >= 0.3 is 6.09 Å². The number of halogens is 1. The van der Waals surface area contributed by atoms with Gasteiger partial charge in [0.15, 0.2) is 0 Å². The maximum absolute atomic E-state index is 11.4. The van der Waals surface area contributed by atoms with Crippen LogP contribution in [0.1, 0.15) is 26.7 Å². The summed E-state index contributed by atoms with van der Waals surface area (Å²) < 4.78 is 4.92. The van der Waals surface area contributed by atoms with Crippen LogP contribution in [-0.2, 0) is 4.74 Å². The quantitative estimate of drug-likeness (QED) is 0.621. The number of hydrogen-bond donors (Lipinski definition) is 1. The Balaban J connectivity index is 0.00000225. The molecule has 0 aliphatic carbocycles. The summed E-state index contributed by atoms with van der Waals surface area (Å²) in [5.41, 5.74) is 5.51. The minimum Gasteiger partial charge on any atom is -0.450 e. The van der Waals surface area contributed by atoms with Crippen molar-refractivity contribution < 1.29 is 9.53 Å². The van der Waals surface area contributed by atoms with Crippen molar-refractivity contribution in [1.29, 1.82) is 0 Å². The number of aliphatic imine (C=N–C) groups is 1.